The van der Waals surface area contributed by atoms with Gasteiger partial charge in [-0.25, -0.2) is 4.68 Å². The summed E-state index contributed by atoms with van der Waals surface area (Å²) in [6.45, 7) is 2.13. The molecule has 0 radical (unpaired) electrons. The van der Waals surface area contributed by atoms with Crippen LogP contribution in [0.2, 0.25) is 5.02 Å². The van der Waals surface area contributed by atoms with Crippen molar-refractivity contribution < 1.29 is 9.53 Å². The Morgan fingerprint density at radius 2 is 2.00 bits per heavy atom. The van der Waals surface area contributed by atoms with Gasteiger partial charge in [0.1, 0.15) is 5.75 Å². The van der Waals surface area contributed by atoms with Gasteiger partial charge in [-0.1, -0.05) is 35.9 Å². The lowest BCUT2D eigenvalue weighted by Crippen LogP contribution is -2.14. The van der Waals surface area contributed by atoms with Crippen LogP contribution in [0.1, 0.15) is 16.1 Å². The van der Waals surface area contributed by atoms with Crippen molar-refractivity contribution in [2.45, 2.75) is 13.7 Å². The number of amides is 1. The number of para-hydroxylation sites is 1. The average molecular weight is 342 g/mol. The largest absolute Gasteiger partial charge is 0.470 e. The number of nitrogens with zero attached hydrogens (tertiary/aromatic N) is 2. The van der Waals surface area contributed by atoms with E-state index in [2.05, 4.69) is 10.4 Å². The minimum Gasteiger partial charge on any atom is -0.470 e. The first-order valence-electron chi connectivity index (χ1n) is 7.40. The van der Waals surface area contributed by atoms with Crippen LogP contribution in [0, 0.1) is 6.92 Å². The van der Waals surface area contributed by atoms with E-state index in [4.69, 9.17) is 16.3 Å². The number of aryl methyl sites for hydroxylation is 1. The third-order valence-corrected chi connectivity index (χ3v) is 3.66. The fraction of sp³-hybridized carbons (Fsp3) is 0.111. The van der Waals surface area contributed by atoms with Gasteiger partial charge in [-0.3, -0.25) is 4.79 Å². The molecule has 1 amide bonds. The number of carbonyl (C=O) groups excluding carboxylic acids is 1. The van der Waals surface area contributed by atoms with E-state index in [1.165, 1.54) is 0 Å². The van der Waals surface area contributed by atoms with Crippen LogP contribution in [0.5, 0.6) is 5.75 Å². The van der Waals surface area contributed by atoms with Crippen molar-refractivity contribution in [3.63, 3.8) is 0 Å². The van der Waals surface area contributed by atoms with Gasteiger partial charge in [-0.15, -0.1) is 0 Å². The van der Waals surface area contributed by atoms with Crippen molar-refractivity contribution in [3.8, 4) is 5.75 Å². The SMILES string of the molecule is Cc1ccc(Cl)c(OCn2ccc(C(=O)Nc3ccccc3)n2)c1. The number of anilines is 1. The number of rotatable bonds is 5. The Kier molecular flexibility index (Phi) is 4.82. The summed E-state index contributed by atoms with van der Waals surface area (Å²) in [7, 11) is 0. The van der Waals surface area contributed by atoms with Crippen molar-refractivity contribution >= 4 is 23.2 Å². The number of hydrogen-bond acceptors (Lipinski definition) is 3. The van der Waals surface area contributed by atoms with E-state index in [9.17, 15) is 4.79 Å². The minimum absolute atomic E-state index is 0.168. The quantitative estimate of drug-likeness (QED) is 0.759. The van der Waals surface area contributed by atoms with Gasteiger partial charge in [0.2, 0.25) is 0 Å². The third-order valence-electron chi connectivity index (χ3n) is 3.34. The molecule has 5 nitrogen and oxygen atoms in total. The summed E-state index contributed by atoms with van der Waals surface area (Å²) in [6, 6.07) is 16.4. The zero-order valence-corrected chi connectivity index (χ0v) is 13.8. The zero-order chi connectivity index (χ0) is 16.9. The number of benzene rings is 2. The molecule has 0 spiro atoms. The first-order chi connectivity index (χ1) is 11.6. The predicted octanol–water partition coefficient (Wildman–Crippen LogP) is 4.13. The summed E-state index contributed by atoms with van der Waals surface area (Å²) in [5, 5.41) is 7.53. The molecule has 2 aromatic carbocycles. The van der Waals surface area contributed by atoms with Gasteiger partial charge in [0.15, 0.2) is 12.4 Å². The molecule has 1 N–H and O–H groups in total. The molecule has 122 valence electrons. The van der Waals surface area contributed by atoms with Crippen LogP contribution in [-0.2, 0) is 6.73 Å². The number of carbonyl (C=O) groups is 1. The Morgan fingerprint density at radius 3 is 2.79 bits per heavy atom. The molecule has 0 aliphatic carbocycles. The highest BCUT2D eigenvalue weighted by atomic mass is 35.5. The number of aromatic nitrogens is 2. The van der Waals surface area contributed by atoms with Crippen LogP contribution >= 0.6 is 11.6 Å². The Morgan fingerprint density at radius 1 is 1.21 bits per heavy atom. The van der Waals surface area contributed by atoms with Crippen LogP contribution in [0.15, 0.2) is 60.8 Å². The van der Waals surface area contributed by atoms with Crippen LogP contribution in [0.4, 0.5) is 5.69 Å². The van der Waals surface area contributed by atoms with Gasteiger partial charge in [0.05, 0.1) is 5.02 Å². The number of nitrogens with one attached hydrogen (secondary N) is 1. The summed E-state index contributed by atoms with van der Waals surface area (Å²) < 4.78 is 7.19. The summed E-state index contributed by atoms with van der Waals surface area (Å²) in [5.74, 6) is 0.316. The predicted molar refractivity (Wildman–Crippen MR) is 93.4 cm³/mol. The summed E-state index contributed by atoms with van der Waals surface area (Å²) in [5.41, 5.74) is 2.09. The van der Waals surface area contributed by atoms with E-state index in [0.717, 1.165) is 11.3 Å². The number of hydrogen-bond donors (Lipinski definition) is 1. The molecule has 0 saturated carbocycles. The van der Waals surface area contributed by atoms with E-state index in [-0.39, 0.29) is 12.6 Å². The lowest BCUT2D eigenvalue weighted by atomic mass is 10.2. The van der Waals surface area contributed by atoms with Crippen LogP contribution in [0.3, 0.4) is 0 Å². The van der Waals surface area contributed by atoms with Crippen LogP contribution in [-0.4, -0.2) is 15.7 Å². The van der Waals surface area contributed by atoms with Crippen molar-refractivity contribution in [2.24, 2.45) is 0 Å². The Bertz CT molecular complexity index is 846. The Hall–Kier alpha value is -2.79. The summed E-state index contributed by atoms with van der Waals surface area (Å²) >= 11 is 6.09. The van der Waals surface area contributed by atoms with Crippen molar-refractivity contribution in [2.75, 3.05) is 5.32 Å². The molecule has 24 heavy (non-hydrogen) atoms. The van der Waals surface area contributed by atoms with Gasteiger partial charge in [0.25, 0.3) is 5.91 Å². The lowest BCUT2D eigenvalue weighted by molar-refractivity contribution is 0.102. The second-order valence-corrected chi connectivity index (χ2v) is 5.68. The summed E-state index contributed by atoms with van der Waals surface area (Å²) in [4.78, 5) is 12.2. The molecule has 1 aromatic heterocycles. The maximum atomic E-state index is 12.2. The normalized spacial score (nSPS) is 10.4. The van der Waals surface area contributed by atoms with E-state index >= 15 is 0 Å². The van der Waals surface area contributed by atoms with Crippen molar-refractivity contribution in [1.82, 2.24) is 9.78 Å². The molecular weight excluding hydrogens is 326 g/mol. The highest BCUT2D eigenvalue weighted by molar-refractivity contribution is 6.32. The molecule has 0 saturated heterocycles. The smallest absolute Gasteiger partial charge is 0.276 e. The van der Waals surface area contributed by atoms with E-state index in [0.29, 0.717) is 16.5 Å². The first kappa shape index (κ1) is 16.1. The molecule has 0 atom stereocenters. The van der Waals surface area contributed by atoms with Gasteiger partial charge >= 0.3 is 0 Å². The molecular formula is C18H16ClN3O2. The molecule has 3 aromatic rings. The molecule has 0 aliphatic heterocycles. The molecule has 3 rings (SSSR count). The Labute approximate surface area is 144 Å². The molecule has 1 heterocycles. The monoisotopic (exact) mass is 341 g/mol. The fourth-order valence-corrected chi connectivity index (χ4v) is 2.30. The fourth-order valence-electron chi connectivity index (χ4n) is 2.13. The minimum atomic E-state index is -0.270. The van der Waals surface area contributed by atoms with E-state index in [1.54, 1.807) is 23.0 Å². The third kappa shape index (κ3) is 3.94. The second kappa shape index (κ2) is 7.19. The maximum absolute atomic E-state index is 12.2. The first-order valence-corrected chi connectivity index (χ1v) is 7.78. The van der Waals surface area contributed by atoms with E-state index in [1.807, 2.05) is 49.4 Å². The Balaban J connectivity index is 1.63. The standard InChI is InChI=1S/C18H16ClN3O2/c1-13-7-8-15(19)17(11-13)24-12-22-10-9-16(21-22)18(23)20-14-5-3-2-4-6-14/h2-11H,12H2,1H3,(H,20,23). The summed E-state index contributed by atoms with van der Waals surface area (Å²) in [6.07, 6.45) is 1.68. The molecule has 0 fully saturated rings. The maximum Gasteiger partial charge on any atom is 0.276 e. The van der Waals surface area contributed by atoms with Crippen LogP contribution < -0.4 is 10.1 Å². The molecule has 6 heteroatoms. The van der Waals surface area contributed by atoms with Gasteiger partial charge in [-0.2, -0.15) is 5.10 Å². The van der Waals surface area contributed by atoms with Crippen LogP contribution in [0.25, 0.3) is 0 Å². The number of ether oxygens (including phenoxy) is 1. The van der Waals surface area contributed by atoms with Crippen molar-refractivity contribution in [1.29, 1.82) is 0 Å². The molecule has 0 bridgehead atoms. The molecule has 0 aliphatic rings. The second-order valence-electron chi connectivity index (χ2n) is 5.27. The zero-order valence-electron chi connectivity index (χ0n) is 13.1. The van der Waals surface area contributed by atoms with Crippen molar-refractivity contribution in [3.05, 3.63) is 77.1 Å². The highest BCUT2D eigenvalue weighted by Crippen LogP contribution is 2.25. The topological polar surface area (TPSA) is 56.1 Å². The van der Waals surface area contributed by atoms with E-state index < -0.39 is 0 Å². The van der Waals surface area contributed by atoms with Gasteiger partial charge in [0, 0.05) is 11.9 Å². The lowest BCUT2D eigenvalue weighted by Gasteiger charge is -2.08. The molecule has 0 unspecified atom stereocenters. The highest BCUT2D eigenvalue weighted by Gasteiger charge is 2.10. The van der Waals surface area contributed by atoms with Gasteiger partial charge < -0.3 is 10.1 Å². The van der Waals surface area contributed by atoms with Gasteiger partial charge in [-0.05, 0) is 42.8 Å². The average Bonchev–Trinajstić information content (AvgIpc) is 3.06. The number of halogens is 1.